The quantitative estimate of drug-likeness (QED) is 0.427. The van der Waals surface area contributed by atoms with E-state index in [4.69, 9.17) is 5.11 Å². The Morgan fingerprint density at radius 2 is 1.57 bits per heavy atom. The highest BCUT2D eigenvalue weighted by atomic mass is 19.4. The maximum absolute atomic E-state index is 12.2. The van der Waals surface area contributed by atoms with Gasteiger partial charge < -0.3 is 5.11 Å². The van der Waals surface area contributed by atoms with Crippen LogP contribution in [0.1, 0.15) is 19.3 Å². The first-order valence-corrected chi connectivity index (χ1v) is 4.01. The van der Waals surface area contributed by atoms with E-state index in [1.165, 1.54) is 12.2 Å². The zero-order valence-electron chi connectivity index (χ0n) is 7.32. The SMILES string of the molecule is OCC=CCCCC(F)(F)C(F)(F)F. The average molecular weight is 218 g/mol. The van der Waals surface area contributed by atoms with Gasteiger partial charge >= 0.3 is 12.1 Å². The zero-order valence-corrected chi connectivity index (χ0v) is 7.32. The molecule has 0 radical (unpaired) electrons. The van der Waals surface area contributed by atoms with Crippen molar-refractivity contribution in [3.8, 4) is 0 Å². The summed E-state index contributed by atoms with van der Waals surface area (Å²) in [7, 11) is 0. The van der Waals surface area contributed by atoms with E-state index in [1.54, 1.807) is 0 Å². The predicted molar refractivity (Wildman–Crippen MR) is 41.1 cm³/mol. The molecule has 84 valence electrons. The van der Waals surface area contributed by atoms with Crippen LogP contribution in [0.2, 0.25) is 0 Å². The van der Waals surface area contributed by atoms with Gasteiger partial charge in [-0.15, -0.1) is 0 Å². The molecule has 0 aromatic heterocycles. The summed E-state index contributed by atoms with van der Waals surface area (Å²) in [5.41, 5.74) is 0. The monoisotopic (exact) mass is 218 g/mol. The van der Waals surface area contributed by atoms with Crippen LogP contribution in [0.15, 0.2) is 12.2 Å². The number of aliphatic hydroxyl groups excluding tert-OH is 1. The molecule has 0 amide bonds. The number of hydrogen-bond acceptors (Lipinski definition) is 1. The van der Waals surface area contributed by atoms with Crippen LogP contribution in [0.3, 0.4) is 0 Å². The summed E-state index contributed by atoms with van der Waals surface area (Å²) in [6.45, 7) is -0.240. The summed E-state index contributed by atoms with van der Waals surface area (Å²) >= 11 is 0. The Kier molecular flexibility index (Phi) is 5.04. The first-order valence-electron chi connectivity index (χ1n) is 4.01. The molecule has 0 aliphatic heterocycles. The van der Waals surface area contributed by atoms with Crippen molar-refractivity contribution < 1.29 is 27.1 Å². The lowest BCUT2D eigenvalue weighted by molar-refractivity contribution is -0.284. The van der Waals surface area contributed by atoms with Gasteiger partial charge in [0.05, 0.1) is 6.61 Å². The summed E-state index contributed by atoms with van der Waals surface area (Å²) in [5.74, 6) is -4.61. The Hall–Kier alpha value is -0.650. The average Bonchev–Trinajstić information content (AvgIpc) is 2.02. The topological polar surface area (TPSA) is 20.2 Å². The van der Waals surface area contributed by atoms with Crippen molar-refractivity contribution in [2.75, 3.05) is 6.61 Å². The number of allylic oxidation sites excluding steroid dienone is 1. The van der Waals surface area contributed by atoms with E-state index < -0.39 is 18.5 Å². The van der Waals surface area contributed by atoms with Crippen LogP contribution in [-0.2, 0) is 0 Å². The molecular weight excluding hydrogens is 207 g/mol. The molecule has 0 saturated carbocycles. The van der Waals surface area contributed by atoms with Gasteiger partial charge in [0.2, 0.25) is 0 Å². The van der Waals surface area contributed by atoms with Crippen LogP contribution in [0.5, 0.6) is 0 Å². The van der Waals surface area contributed by atoms with Gasteiger partial charge in [-0.05, 0) is 12.8 Å². The first kappa shape index (κ1) is 13.4. The second kappa shape index (κ2) is 5.29. The predicted octanol–water partition coefficient (Wildman–Crippen LogP) is 2.90. The van der Waals surface area contributed by atoms with Crippen molar-refractivity contribution in [3.05, 3.63) is 12.2 Å². The van der Waals surface area contributed by atoms with E-state index in [2.05, 4.69) is 0 Å². The van der Waals surface area contributed by atoms with E-state index in [0.717, 1.165) is 0 Å². The summed E-state index contributed by atoms with van der Waals surface area (Å²) in [4.78, 5) is 0. The van der Waals surface area contributed by atoms with Crippen molar-refractivity contribution in [2.24, 2.45) is 0 Å². The van der Waals surface area contributed by atoms with Gasteiger partial charge in [-0.1, -0.05) is 12.2 Å². The van der Waals surface area contributed by atoms with Crippen molar-refractivity contribution in [1.82, 2.24) is 0 Å². The molecule has 14 heavy (non-hydrogen) atoms. The molecule has 0 aliphatic carbocycles. The normalized spacial score (nSPS) is 13.9. The Balaban J connectivity index is 3.83. The maximum Gasteiger partial charge on any atom is 0.453 e. The fraction of sp³-hybridized carbons (Fsp3) is 0.750. The first-order chi connectivity index (χ1) is 6.31. The summed E-state index contributed by atoms with van der Waals surface area (Å²) < 4.78 is 59.3. The van der Waals surface area contributed by atoms with Crippen LogP contribution < -0.4 is 0 Å². The van der Waals surface area contributed by atoms with Crippen LogP contribution in [0.4, 0.5) is 22.0 Å². The minimum Gasteiger partial charge on any atom is -0.392 e. The second-order valence-electron chi connectivity index (χ2n) is 2.75. The Labute approximate surface area is 78.2 Å². The molecular formula is C8H11F5O. The summed E-state index contributed by atoms with van der Waals surface area (Å²) in [6, 6.07) is 0. The van der Waals surface area contributed by atoms with Crippen molar-refractivity contribution in [1.29, 1.82) is 0 Å². The Bertz CT molecular complexity index is 185. The third kappa shape index (κ3) is 4.55. The molecule has 0 aliphatic rings. The third-order valence-electron chi connectivity index (χ3n) is 1.55. The molecule has 6 heteroatoms. The fourth-order valence-corrected chi connectivity index (χ4v) is 0.776. The molecule has 0 spiro atoms. The van der Waals surface area contributed by atoms with Crippen LogP contribution in [0, 0.1) is 0 Å². The standard InChI is InChI=1S/C8H11F5O/c9-7(10,8(11,12)13)5-3-1-2-4-6-14/h2,4,14H,1,3,5-6H2. The van der Waals surface area contributed by atoms with Gasteiger partial charge in [0.1, 0.15) is 0 Å². The molecule has 0 aromatic rings. The fourth-order valence-electron chi connectivity index (χ4n) is 0.776. The molecule has 0 atom stereocenters. The van der Waals surface area contributed by atoms with Gasteiger partial charge in [0.15, 0.2) is 0 Å². The summed E-state index contributed by atoms with van der Waals surface area (Å²) in [6.07, 6.45) is -4.17. The molecule has 0 aromatic carbocycles. The van der Waals surface area contributed by atoms with Crippen molar-refractivity contribution in [2.45, 2.75) is 31.4 Å². The molecule has 0 rings (SSSR count). The lowest BCUT2D eigenvalue weighted by Gasteiger charge is -2.18. The lowest BCUT2D eigenvalue weighted by Crippen LogP contribution is -2.36. The number of alkyl halides is 5. The summed E-state index contributed by atoms with van der Waals surface area (Å²) in [5, 5.41) is 8.24. The Morgan fingerprint density at radius 3 is 2.00 bits per heavy atom. The van der Waals surface area contributed by atoms with E-state index in [-0.39, 0.29) is 19.4 Å². The third-order valence-corrected chi connectivity index (χ3v) is 1.55. The molecule has 0 saturated heterocycles. The van der Waals surface area contributed by atoms with Crippen LogP contribution >= 0.6 is 0 Å². The Morgan fingerprint density at radius 1 is 1.00 bits per heavy atom. The van der Waals surface area contributed by atoms with Crippen molar-refractivity contribution in [3.63, 3.8) is 0 Å². The highest BCUT2D eigenvalue weighted by Crippen LogP contribution is 2.38. The van der Waals surface area contributed by atoms with Gasteiger partial charge in [0, 0.05) is 6.42 Å². The smallest absolute Gasteiger partial charge is 0.392 e. The van der Waals surface area contributed by atoms with E-state index in [9.17, 15) is 22.0 Å². The molecule has 0 unspecified atom stereocenters. The zero-order chi connectivity index (χ0) is 11.2. The molecule has 0 heterocycles. The van der Waals surface area contributed by atoms with E-state index in [0.29, 0.717) is 0 Å². The maximum atomic E-state index is 12.2. The number of hydrogen-bond donors (Lipinski definition) is 1. The minimum absolute atomic E-state index is 0.103. The van der Waals surface area contributed by atoms with E-state index >= 15 is 0 Å². The van der Waals surface area contributed by atoms with Crippen molar-refractivity contribution >= 4 is 0 Å². The second-order valence-corrected chi connectivity index (χ2v) is 2.75. The van der Waals surface area contributed by atoms with Crippen LogP contribution in [-0.4, -0.2) is 23.8 Å². The van der Waals surface area contributed by atoms with Crippen LogP contribution in [0.25, 0.3) is 0 Å². The molecule has 1 nitrogen and oxygen atoms in total. The van der Waals surface area contributed by atoms with Gasteiger partial charge in [-0.2, -0.15) is 22.0 Å². The lowest BCUT2D eigenvalue weighted by atomic mass is 10.1. The molecule has 0 bridgehead atoms. The van der Waals surface area contributed by atoms with E-state index in [1.807, 2.05) is 0 Å². The van der Waals surface area contributed by atoms with Gasteiger partial charge in [-0.25, -0.2) is 0 Å². The van der Waals surface area contributed by atoms with Gasteiger partial charge in [-0.3, -0.25) is 0 Å². The highest BCUT2D eigenvalue weighted by Gasteiger charge is 2.56. The number of halogens is 5. The number of aliphatic hydroxyl groups is 1. The highest BCUT2D eigenvalue weighted by molar-refractivity contribution is 4.82. The molecule has 0 fully saturated rings. The number of rotatable bonds is 5. The molecule has 1 N–H and O–H groups in total. The minimum atomic E-state index is -5.46. The van der Waals surface area contributed by atoms with Gasteiger partial charge in [0.25, 0.3) is 0 Å². The largest absolute Gasteiger partial charge is 0.453 e. The number of unbranched alkanes of at least 4 members (excludes halogenated alkanes) is 1.